The molecule has 2 aromatic carbocycles. The van der Waals surface area contributed by atoms with E-state index >= 15 is 0 Å². The predicted octanol–water partition coefficient (Wildman–Crippen LogP) is 2.23. The fraction of sp³-hybridized carbons (Fsp3) is 0.250. The van der Waals surface area contributed by atoms with Crippen molar-refractivity contribution in [1.29, 1.82) is 0 Å². The Morgan fingerprint density at radius 3 is 2.55 bits per heavy atom. The van der Waals surface area contributed by atoms with Crippen LogP contribution in [0.5, 0.6) is 0 Å². The van der Waals surface area contributed by atoms with Gasteiger partial charge in [0.15, 0.2) is 0 Å². The molecule has 1 aliphatic carbocycles. The molecule has 0 spiro atoms. The van der Waals surface area contributed by atoms with E-state index in [0.717, 1.165) is 19.3 Å². The number of hydrogen-bond acceptors (Lipinski definition) is 5. The molecule has 0 radical (unpaired) electrons. The summed E-state index contributed by atoms with van der Waals surface area (Å²) in [5, 5.41) is 7.18. The summed E-state index contributed by atoms with van der Waals surface area (Å²) in [6, 6.07) is 16.6. The summed E-state index contributed by atoms with van der Waals surface area (Å²) < 4.78 is 28.5. The molecular formula is C20H19N5O3S. The minimum absolute atomic E-state index is 0.00951. The average molecular weight is 409 g/mol. The number of para-hydroxylation sites is 1. The van der Waals surface area contributed by atoms with Crippen LogP contribution in [0, 0.1) is 0 Å². The lowest BCUT2D eigenvalue weighted by atomic mass is 9.64. The second kappa shape index (κ2) is 6.41. The molecule has 29 heavy (non-hydrogen) atoms. The average Bonchev–Trinajstić information content (AvgIpc) is 3.11. The van der Waals surface area contributed by atoms with Crippen LogP contribution in [-0.2, 0) is 15.4 Å². The van der Waals surface area contributed by atoms with E-state index in [0.29, 0.717) is 12.2 Å². The molecule has 9 heteroatoms. The van der Waals surface area contributed by atoms with Gasteiger partial charge in [-0.2, -0.15) is 9.67 Å². The maximum atomic E-state index is 12.7. The lowest BCUT2D eigenvalue weighted by Crippen LogP contribution is -2.45. The molecule has 3 aromatic rings. The smallest absolute Gasteiger partial charge is 0.291 e. The lowest BCUT2D eigenvalue weighted by Gasteiger charge is -2.42. The van der Waals surface area contributed by atoms with Gasteiger partial charge >= 0.3 is 0 Å². The fourth-order valence-corrected chi connectivity index (χ4v) is 5.14. The van der Waals surface area contributed by atoms with Gasteiger partial charge in [0.05, 0.1) is 5.69 Å². The van der Waals surface area contributed by atoms with Crippen molar-refractivity contribution in [3.63, 3.8) is 0 Å². The maximum absolute atomic E-state index is 12.7. The molecule has 2 aliphatic rings. The molecule has 1 aromatic heterocycles. The number of amides is 1. The van der Waals surface area contributed by atoms with Crippen LogP contribution in [0.4, 0.5) is 5.95 Å². The van der Waals surface area contributed by atoms with E-state index in [4.69, 9.17) is 0 Å². The third kappa shape index (κ3) is 2.89. The molecule has 2 N–H and O–H groups in total. The molecule has 8 nitrogen and oxygen atoms in total. The van der Waals surface area contributed by atoms with E-state index in [-0.39, 0.29) is 22.1 Å². The van der Waals surface area contributed by atoms with Crippen LogP contribution >= 0.6 is 0 Å². The first-order chi connectivity index (χ1) is 14.0. The third-order valence-corrected chi connectivity index (χ3v) is 7.08. The first-order valence-electron chi connectivity index (χ1n) is 9.42. The second-order valence-electron chi connectivity index (χ2n) is 7.43. The molecule has 1 fully saturated rings. The van der Waals surface area contributed by atoms with Crippen LogP contribution in [0.25, 0.3) is 5.69 Å². The van der Waals surface area contributed by atoms with Gasteiger partial charge in [-0.05, 0) is 30.5 Å². The number of nitrogens with one attached hydrogen (secondary N) is 2. The van der Waals surface area contributed by atoms with Gasteiger partial charge in [-0.1, -0.05) is 48.9 Å². The van der Waals surface area contributed by atoms with Crippen molar-refractivity contribution in [2.24, 2.45) is 0 Å². The van der Waals surface area contributed by atoms with Crippen LogP contribution in [0.15, 0.2) is 59.5 Å². The van der Waals surface area contributed by atoms with Gasteiger partial charge in [0, 0.05) is 12.0 Å². The van der Waals surface area contributed by atoms with E-state index in [1.807, 2.05) is 18.2 Å². The van der Waals surface area contributed by atoms with Gasteiger partial charge in [0.1, 0.15) is 4.90 Å². The number of sulfonamides is 1. The second-order valence-corrected chi connectivity index (χ2v) is 9.08. The molecule has 0 atom stereocenters. The van der Waals surface area contributed by atoms with E-state index in [1.54, 1.807) is 18.2 Å². The molecule has 1 saturated carbocycles. The van der Waals surface area contributed by atoms with Crippen molar-refractivity contribution < 1.29 is 13.2 Å². The van der Waals surface area contributed by atoms with E-state index in [1.165, 1.54) is 16.3 Å². The number of rotatable bonds is 4. The molecule has 1 aliphatic heterocycles. The highest BCUT2D eigenvalue weighted by Gasteiger charge is 2.39. The Bertz CT molecular complexity index is 1200. The highest BCUT2D eigenvalue weighted by molar-refractivity contribution is 7.92. The Labute approximate surface area is 168 Å². The standard InChI is InChI=1S/C20H19N5O3S/c26-18(21-13-20(11-6-12-20)14-7-2-1-3-8-14)17-22-19-24-29(27,28)16-10-5-4-9-15(16)25(19)23-17/h1-5,7-10H,6,11-13H2,(H,21,26)(H,22,23,24). The molecule has 2 heterocycles. The first kappa shape index (κ1) is 17.9. The van der Waals surface area contributed by atoms with Gasteiger partial charge in [-0.3, -0.25) is 4.79 Å². The van der Waals surface area contributed by atoms with Crippen LogP contribution in [0.3, 0.4) is 0 Å². The summed E-state index contributed by atoms with van der Waals surface area (Å²) in [6.45, 7) is 0.488. The molecule has 0 unspecified atom stereocenters. The summed E-state index contributed by atoms with van der Waals surface area (Å²) in [7, 11) is -3.74. The molecule has 0 saturated heterocycles. The monoisotopic (exact) mass is 409 g/mol. The lowest BCUT2D eigenvalue weighted by molar-refractivity contribution is 0.0917. The fourth-order valence-electron chi connectivity index (χ4n) is 3.97. The number of aromatic nitrogens is 3. The van der Waals surface area contributed by atoms with Gasteiger partial charge in [0.2, 0.25) is 11.8 Å². The first-order valence-corrected chi connectivity index (χ1v) is 10.9. The van der Waals surface area contributed by atoms with Crippen molar-refractivity contribution in [2.75, 3.05) is 11.3 Å². The van der Waals surface area contributed by atoms with Gasteiger partial charge in [-0.15, -0.1) is 5.10 Å². The van der Waals surface area contributed by atoms with Gasteiger partial charge in [-0.25, -0.2) is 13.1 Å². The molecule has 148 valence electrons. The zero-order valence-electron chi connectivity index (χ0n) is 15.5. The van der Waals surface area contributed by atoms with Crippen molar-refractivity contribution >= 4 is 21.9 Å². The summed E-state index contributed by atoms with van der Waals surface area (Å²) in [4.78, 5) is 16.9. The highest BCUT2D eigenvalue weighted by Crippen LogP contribution is 2.43. The largest absolute Gasteiger partial charge is 0.348 e. The Morgan fingerprint density at radius 2 is 1.83 bits per heavy atom. The van der Waals surface area contributed by atoms with Crippen LogP contribution < -0.4 is 10.0 Å². The minimum Gasteiger partial charge on any atom is -0.348 e. The third-order valence-electron chi connectivity index (χ3n) is 5.70. The topological polar surface area (TPSA) is 106 Å². The van der Waals surface area contributed by atoms with Crippen molar-refractivity contribution in [3.8, 4) is 5.69 Å². The summed E-state index contributed by atoms with van der Waals surface area (Å²) >= 11 is 0. The zero-order valence-corrected chi connectivity index (χ0v) is 16.3. The van der Waals surface area contributed by atoms with Crippen LogP contribution in [0.2, 0.25) is 0 Å². The van der Waals surface area contributed by atoms with Crippen molar-refractivity contribution in [1.82, 2.24) is 20.1 Å². The molecular weight excluding hydrogens is 390 g/mol. The predicted molar refractivity (Wildman–Crippen MR) is 106 cm³/mol. The SMILES string of the molecule is O=C(NCC1(c2ccccc2)CCC1)c1nc2n(n1)-c1ccccc1S(=O)(=O)N2. The van der Waals surface area contributed by atoms with Crippen molar-refractivity contribution in [3.05, 3.63) is 66.0 Å². The summed E-state index contributed by atoms with van der Waals surface area (Å²) in [6.07, 6.45) is 3.15. The molecule has 1 amide bonds. The van der Waals surface area contributed by atoms with Crippen LogP contribution in [0.1, 0.15) is 35.4 Å². The number of anilines is 1. The maximum Gasteiger partial charge on any atom is 0.291 e. The molecule has 5 rings (SSSR count). The minimum atomic E-state index is -3.74. The van der Waals surface area contributed by atoms with Gasteiger partial charge in [0.25, 0.3) is 15.9 Å². The number of carbonyl (C=O) groups excluding carboxylic acids is 1. The van der Waals surface area contributed by atoms with Gasteiger partial charge < -0.3 is 5.32 Å². The Morgan fingerprint density at radius 1 is 1.10 bits per heavy atom. The quantitative estimate of drug-likeness (QED) is 0.687. The number of hydrogen-bond donors (Lipinski definition) is 2. The number of carbonyl (C=O) groups is 1. The van der Waals surface area contributed by atoms with Crippen LogP contribution in [-0.4, -0.2) is 35.6 Å². The zero-order chi connectivity index (χ0) is 20.1. The summed E-state index contributed by atoms with van der Waals surface area (Å²) in [5.74, 6) is -0.483. The number of benzene rings is 2. The number of nitrogens with zero attached hydrogens (tertiary/aromatic N) is 3. The number of fused-ring (bicyclic) bond motifs is 3. The Balaban J connectivity index is 1.40. The highest BCUT2D eigenvalue weighted by atomic mass is 32.2. The summed E-state index contributed by atoms with van der Waals surface area (Å²) in [5.41, 5.74) is 1.52. The van der Waals surface area contributed by atoms with Crippen molar-refractivity contribution in [2.45, 2.75) is 29.6 Å². The van der Waals surface area contributed by atoms with E-state index in [2.05, 4.69) is 32.3 Å². The van der Waals surface area contributed by atoms with E-state index in [9.17, 15) is 13.2 Å². The van der Waals surface area contributed by atoms with E-state index < -0.39 is 15.9 Å². The Hall–Kier alpha value is -3.20. The Kier molecular flexibility index (Phi) is 3.95. The molecule has 0 bridgehead atoms. The normalized spacial score (nSPS) is 17.9.